The number of carboxylic acids is 1. The maximum atomic E-state index is 14.5. The van der Waals surface area contributed by atoms with Gasteiger partial charge in [-0.3, -0.25) is 4.57 Å². The van der Waals surface area contributed by atoms with Crippen molar-refractivity contribution in [3.8, 4) is 10.4 Å². The summed E-state index contributed by atoms with van der Waals surface area (Å²) in [7, 11) is -1.94. The summed E-state index contributed by atoms with van der Waals surface area (Å²) in [6.45, 7) is 5.90. The van der Waals surface area contributed by atoms with E-state index in [4.69, 9.17) is 9.26 Å². The molecule has 1 fully saturated rings. The summed E-state index contributed by atoms with van der Waals surface area (Å²) in [6, 6.07) is 15.4. The minimum absolute atomic E-state index is 0.109. The fraction of sp³-hybridized carbons (Fsp3) is 0.370. The number of aromatic carboxylic acids is 1. The zero-order valence-corrected chi connectivity index (χ0v) is 22.2. The van der Waals surface area contributed by atoms with Crippen LogP contribution in [0.5, 0.6) is 0 Å². The first kappa shape index (κ1) is 25.6. The maximum Gasteiger partial charge on any atom is 0.348 e. The molecular weight excluding hydrogens is 481 g/mol. The molecule has 1 aliphatic rings. The van der Waals surface area contributed by atoms with Crippen molar-refractivity contribution in [3.05, 3.63) is 70.1 Å². The highest BCUT2D eigenvalue weighted by atomic mass is 32.1. The first-order chi connectivity index (χ1) is 16.7. The Kier molecular flexibility index (Phi) is 7.82. The van der Waals surface area contributed by atoms with Crippen LogP contribution in [0.3, 0.4) is 0 Å². The summed E-state index contributed by atoms with van der Waals surface area (Å²) in [4.78, 5) is 13.0. The Balaban J connectivity index is 1.72. The third-order valence-corrected chi connectivity index (χ3v) is 9.89. The highest BCUT2D eigenvalue weighted by molar-refractivity contribution is 7.68. The van der Waals surface area contributed by atoms with Crippen LogP contribution in [0.1, 0.15) is 52.0 Å². The average molecular weight is 514 g/mol. The molecule has 2 N–H and O–H groups in total. The molecule has 4 rings (SSSR count). The molecule has 1 unspecified atom stereocenters. The van der Waals surface area contributed by atoms with Gasteiger partial charge in [-0.2, -0.15) is 0 Å². The molecule has 35 heavy (non-hydrogen) atoms. The number of aryl methyl sites for hydroxylation is 3. The first-order valence-corrected chi connectivity index (χ1v) is 14.2. The number of hydrogen-bond donors (Lipinski definition) is 2. The molecule has 1 heterocycles. The molecule has 1 saturated carbocycles. The van der Waals surface area contributed by atoms with Crippen molar-refractivity contribution >= 4 is 35.8 Å². The second kappa shape index (κ2) is 10.7. The molecule has 1 aromatic heterocycles. The zero-order chi connectivity index (χ0) is 25.2. The van der Waals surface area contributed by atoms with Crippen LogP contribution in [-0.2, 0) is 13.8 Å². The molecule has 186 valence electrons. The van der Waals surface area contributed by atoms with Gasteiger partial charge in [0.15, 0.2) is 0 Å². The first-order valence-electron chi connectivity index (χ1n) is 11.8. The van der Waals surface area contributed by atoms with Gasteiger partial charge < -0.3 is 19.5 Å². The molecule has 8 heteroatoms. The summed E-state index contributed by atoms with van der Waals surface area (Å²) in [5, 5.41) is 13.6. The van der Waals surface area contributed by atoms with Gasteiger partial charge in [0.1, 0.15) is 4.88 Å². The number of carbonyl (C=O) groups is 1. The van der Waals surface area contributed by atoms with Crippen molar-refractivity contribution in [2.45, 2.75) is 58.7 Å². The lowest BCUT2D eigenvalue weighted by molar-refractivity contribution is 0.0344. The maximum absolute atomic E-state index is 14.5. The van der Waals surface area contributed by atoms with Gasteiger partial charge in [-0.25, -0.2) is 4.79 Å². The Hall–Kier alpha value is -2.44. The molecule has 0 aliphatic heterocycles. The molecule has 0 saturated heterocycles. The smallest absolute Gasteiger partial charge is 0.348 e. The molecule has 1 aliphatic carbocycles. The van der Waals surface area contributed by atoms with Crippen molar-refractivity contribution in [2.24, 2.45) is 0 Å². The number of hydrogen-bond acceptors (Lipinski definition) is 5. The summed E-state index contributed by atoms with van der Waals surface area (Å²) >= 11 is 1.16. The fourth-order valence-corrected chi connectivity index (χ4v) is 7.76. The van der Waals surface area contributed by atoms with E-state index >= 15 is 0 Å². The van der Waals surface area contributed by atoms with E-state index in [1.54, 1.807) is 13.2 Å². The van der Waals surface area contributed by atoms with E-state index in [1.165, 1.54) is 0 Å². The van der Waals surface area contributed by atoms with Gasteiger partial charge in [0, 0.05) is 12.0 Å². The molecule has 0 amide bonds. The van der Waals surface area contributed by atoms with Gasteiger partial charge in [-0.15, -0.1) is 11.3 Å². The lowest BCUT2D eigenvalue weighted by atomic mass is 9.95. The van der Waals surface area contributed by atoms with E-state index in [0.29, 0.717) is 11.0 Å². The molecule has 3 aromatic rings. The quantitative estimate of drug-likeness (QED) is 0.317. The van der Waals surface area contributed by atoms with Crippen LogP contribution in [0.25, 0.3) is 10.4 Å². The summed E-state index contributed by atoms with van der Waals surface area (Å²) < 4.78 is 26.4. The number of rotatable bonds is 8. The van der Waals surface area contributed by atoms with E-state index in [-0.39, 0.29) is 17.1 Å². The zero-order valence-electron chi connectivity index (χ0n) is 20.5. The number of methoxy groups -OCH3 is 1. The van der Waals surface area contributed by atoms with Crippen molar-refractivity contribution < 1.29 is 23.7 Å². The predicted octanol–water partition coefficient (Wildman–Crippen LogP) is 6.94. The lowest BCUT2D eigenvalue weighted by Crippen LogP contribution is -2.28. The minimum Gasteiger partial charge on any atom is -0.477 e. The van der Waals surface area contributed by atoms with E-state index in [9.17, 15) is 14.5 Å². The number of thiophene rings is 1. The minimum atomic E-state index is -3.65. The van der Waals surface area contributed by atoms with Gasteiger partial charge in [0.25, 0.3) is 0 Å². The highest BCUT2D eigenvalue weighted by Gasteiger charge is 2.35. The van der Waals surface area contributed by atoms with Gasteiger partial charge in [0.05, 0.1) is 23.2 Å². The number of carboxylic acid groups (broad SMARTS) is 1. The van der Waals surface area contributed by atoms with Crippen molar-refractivity contribution in [1.29, 1.82) is 0 Å². The van der Waals surface area contributed by atoms with E-state index in [0.717, 1.165) is 64.2 Å². The Bertz CT molecular complexity index is 1240. The second-order valence-corrected chi connectivity index (χ2v) is 12.3. The average Bonchev–Trinajstić information content (AvgIpc) is 3.23. The van der Waals surface area contributed by atoms with E-state index in [1.807, 2.05) is 63.2 Å². The molecule has 0 radical (unpaired) electrons. The highest BCUT2D eigenvalue weighted by Crippen LogP contribution is 2.51. The lowest BCUT2D eigenvalue weighted by Gasteiger charge is -2.31. The number of benzene rings is 2. The fourth-order valence-electron chi connectivity index (χ4n) is 4.51. The predicted molar refractivity (Wildman–Crippen MR) is 142 cm³/mol. The molecule has 0 bridgehead atoms. The Morgan fingerprint density at radius 1 is 0.971 bits per heavy atom. The van der Waals surface area contributed by atoms with Crippen LogP contribution < -0.4 is 10.4 Å². The molecule has 1 atom stereocenters. The van der Waals surface area contributed by atoms with Gasteiger partial charge in [-0.1, -0.05) is 47.5 Å². The van der Waals surface area contributed by atoms with Crippen molar-refractivity contribution in [3.63, 3.8) is 0 Å². The normalized spacial score (nSPS) is 19.8. The van der Waals surface area contributed by atoms with Gasteiger partial charge in [-0.05, 0) is 69.7 Å². The van der Waals surface area contributed by atoms with Crippen LogP contribution in [0, 0.1) is 20.8 Å². The third kappa shape index (κ3) is 5.87. The monoisotopic (exact) mass is 513 g/mol. The van der Waals surface area contributed by atoms with Crippen LogP contribution in [0.4, 0.5) is 5.69 Å². The Labute approximate surface area is 210 Å². The summed E-state index contributed by atoms with van der Waals surface area (Å²) in [5.41, 5.74) is 4.25. The van der Waals surface area contributed by atoms with Crippen molar-refractivity contribution in [2.75, 3.05) is 12.2 Å². The van der Waals surface area contributed by atoms with Crippen LogP contribution in [0.15, 0.2) is 48.5 Å². The molecule has 0 spiro atoms. The number of ether oxygens (including phenoxy) is 1. The SMILES string of the molecule is COC1CCC(OP(=O)(Nc2cc(-c3ccc(C)cc3)sc2C(=O)O)c2ccc(C)cc2C)CC1. The van der Waals surface area contributed by atoms with Crippen LogP contribution >= 0.6 is 18.9 Å². The molecule has 2 aromatic carbocycles. The van der Waals surface area contributed by atoms with Gasteiger partial charge >= 0.3 is 13.5 Å². The molecule has 6 nitrogen and oxygen atoms in total. The summed E-state index contributed by atoms with van der Waals surface area (Å²) in [5.74, 6) is -1.07. The second-order valence-electron chi connectivity index (χ2n) is 9.22. The van der Waals surface area contributed by atoms with Crippen molar-refractivity contribution in [1.82, 2.24) is 0 Å². The number of anilines is 1. The van der Waals surface area contributed by atoms with Crippen LogP contribution in [-0.4, -0.2) is 30.4 Å². The molecular formula is C27H32NO5PS. The topological polar surface area (TPSA) is 84.9 Å². The third-order valence-electron chi connectivity index (χ3n) is 6.45. The van der Waals surface area contributed by atoms with Gasteiger partial charge in [0.2, 0.25) is 0 Å². The van der Waals surface area contributed by atoms with Crippen LogP contribution in [0.2, 0.25) is 0 Å². The largest absolute Gasteiger partial charge is 0.477 e. The summed E-state index contributed by atoms with van der Waals surface area (Å²) in [6.07, 6.45) is 3.13. The van der Waals surface area contributed by atoms with E-state index < -0.39 is 13.5 Å². The number of nitrogens with one attached hydrogen (secondary N) is 1. The Morgan fingerprint density at radius 3 is 2.20 bits per heavy atom. The standard InChI is InChI=1S/C27H32NO5PS/c1-17-5-8-20(9-6-17)25-16-23(26(35-25)27(29)30)28-34(31,24-14-7-18(2)15-19(24)3)33-22-12-10-21(32-4)11-13-22/h5-9,14-16,21-22H,10-13H2,1-4H3,(H,28,31)(H,29,30). The van der Waals surface area contributed by atoms with E-state index in [2.05, 4.69) is 5.09 Å². The Morgan fingerprint density at radius 2 is 1.60 bits per heavy atom.